The monoisotopic (exact) mass is 175 g/mol. The quantitative estimate of drug-likeness (QED) is 0.714. The lowest BCUT2D eigenvalue weighted by atomic mass is 10.2. The normalized spacial score (nSPS) is 10.2. The predicted molar refractivity (Wildman–Crippen MR) is 50.4 cm³/mol. The van der Waals surface area contributed by atoms with Crippen molar-refractivity contribution in [1.82, 2.24) is 4.98 Å². The number of pyridine rings is 1. The third-order valence-corrected chi connectivity index (χ3v) is 1.43. The second-order valence-corrected chi connectivity index (χ2v) is 2.38. The molecule has 0 saturated carbocycles. The first-order valence-electron chi connectivity index (χ1n) is 3.72. The molecule has 0 spiro atoms. The van der Waals surface area contributed by atoms with Crippen molar-refractivity contribution in [3.8, 4) is 0 Å². The SMILES string of the molecule is C=C/C=C\c1ccc(C(=O)O)nc1. The van der Waals surface area contributed by atoms with Gasteiger partial charge in [-0.1, -0.05) is 30.9 Å². The molecule has 0 saturated heterocycles. The van der Waals surface area contributed by atoms with E-state index in [-0.39, 0.29) is 5.69 Å². The lowest BCUT2D eigenvalue weighted by molar-refractivity contribution is 0.0690. The Labute approximate surface area is 76.1 Å². The van der Waals surface area contributed by atoms with Crippen molar-refractivity contribution in [3.05, 3.63) is 48.3 Å². The molecular formula is C10H9NO2. The van der Waals surface area contributed by atoms with Crippen LogP contribution in [0.5, 0.6) is 0 Å². The van der Waals surface area contributed by atoms with E-state index in [1.807, 2.05) is 0 Å². The number of carbonyl (C=O) groups is 1. The molecule has 0 radical (unpaired) electrons. The van der Waals surface area contributed by atoms with Crippen LogP contribution in [-0.4, -0.2) is 16.1 Å². The molecule has 0 aliphatic carbocycles. The average molecular weight is 175 g/mol. The highest BCUT2D eigenvalue weighted by molar-refractivity contribution is 5.85. The van der Waals surface area contributed by atoms with Crippen LogP contribution < -0.4 is 0 Å². The molecule has 1 N–H and O–H groups in total. The molecule has 3 nitrogen and oxygen atoms in total. The molecule has 1 rings (SSSR count). The number of rotatable bonds is 3. The van der Waals surface area contributed by atoms with Crippen molar-refractivity contribution in [1.29, 1.82) is 0 Å². The van der Waals surface area contributed by atoms with Crippen molar-refractivity contribution in [2.24, 2.45) is 0 Å². The summed E-state index contributed by atoms with van der Waals surface area (Å²) >= 11 is 0. The zero-order valence-corrected chi connectivity index (χ0v) is 6.97. The third-order valence-electron chi connectivity index (χ3n) is 1.43. The smallest absolute Gasteiger partial charge is 0.354 e. The van der Waals surface area contributed by atoms with E-state index in [2.05, 4.69) is 11.6 Å². The summed E-state index contributed by atoms with van der Waals surface area (Å²) in [6.45, 7) is 3.52. The summed E-state index contributed by atoms with van der Waals surface area (Å²) in [5.41, 5.74) is 0.903. The van der Waals surface area contributed by atoms with E-state index in [9.17, 15) is 4.79 Å². The Morgan fingerprint density at radius 3 is 2.77 bits per heavy atom. The summed E-state index contributed by atoms with van der Waals surface area (Å²) in [6, 6.07) is 3.15. The second kappa shape index (κ2) is 4.21. The first-order valence-corrected chi connectivity index (χ1v) is 3.72. The Balaban J connectivity index is 2.87. The van der Waals surface area contributed by atoms with E-state index in [0.29, 0.717) is 0 Å². The highest BCUT2D eigenvalue weighted by Gasteiger charge is 2.01. The van der Waals surface area contributed by atoms with Crippen LogP contribution in [0.1, 0.15) is 16.1 Å². The largest absolute Gasteiger partial charge is 0.477 e. The van der Waals surface area contributed by atoms with Gasteiger partial charge in [0, 0.05) is 6.20 Å². The van der Waals surface area contributed by atoms with E-state index < -0.39 is 5.97 Å². The van der Waals surface area contributed by atoms with E-state index in [1.54, 1.807) is 24.3 Å². The summed E-state index contributed by atoms with van der Waals surface area (Å²) in [6.07, 6.45) is 6.71. The predicted octanol–water partition coefficient (Wildman–Crippen LogP) is 1.98. The lowest BCUT2D eigenvalue weighted by Gasteiger charge is -1.93. The Hall–Kier alpha value is -1.90. The summed E-state index contributed by atoms with van der Waals surface area (Å²) in [5, 5.41) is 8.56. The minimum Gasteiger partial charge on any atom is -0.477 e. The maximum Gasteiger partial charge on any atom is 0.354 e. The Bertz CT molecular complexity index is 338. The molecular weight excluding hydrogens is 166 g/mol. The van der Waals surface area contributed by atoms with Crippen molar-refractivity contribution in [2.45, 2.75) is 0 Å². The van der Waals surface area contributed by atoms with Gasteiger partial charge in [-0.3, -0.25) is 0 Å². The van der Waals surface area contributed by atoms with Gasteiger partial charge in [-0.2, -0.15) is 0 Å². The molecule has 0 fully saturated rings. The van der Waals surface area contributed by atoms with Gasteiger partial charge < -0.3 is 5.11 Å². The number of hydrogen-bond acceptors (Lipinski definition) is 2. The van der Waals surface area contributed by atoms with Crippen LogP contribution in [0.4, 0.5) is 0 Å². The molecule has 3 heteroatoms. The molecule has 66 valence electrons. The van der Waals surface area contributed by atoms with Crippen molar-refractivity contribution in [2.75, 3.05) is 0 Å². The maximum atomic E-state index is 10.4. The van der Waals surface area contributed by atoms with Crippen LogP contribution in [0.2, 0.25) is 0 Å². The second-order valence-electron chi connectivity index (χ2n) is 2.38. The number of carboxylic acid groups (broad SMARTS) is 1. The molecule has 0 unspecified atom stereocenters. The minimum absolute atomic E-state index is 0.0516. The topological polar surface area (TPSA) is 50.2 Å². The van der Waals surface area contributed by atoms with Crippen LogP contribution >= 0.6 is 0 Å². The first-order chi connectivity index (χ1) is 6.24. The lowest BCUT2D eigenvalue weighted by Crippen LogP contribution is -1.98. The highest BCUT2D eigenvalue weighted by atomic mass is 16.4. The van der Waals surface area contributed by atoms with Crippen LogP contribution in [0.3, 0.4) is 0 Å². The molecule has 0 bridgehead atoms. The number of aromatic carboxylic acids is 1. The zero-order chi connectivity index (χ0) is 9.68. The summed E-state index contributed by atoms with van der Waals surface area (Å²) in [4.78, 5) is 14.2. The van der Waals surface area contributed by atoms with Gasteiger partial charge >= 0.3 is 5.97 Å². The zero-order valence-electron chi connectivity index (χ0n) is 6.97. The van der Waals surface area contributed by atoms with Crippen LogP contribution in [0.15, 0.2) is 37.1 Å². The molecule has 1 heterocycles. The van der Waals surface area contributed by atoms with Gasteiger partial charge in [-0.15, -0.1) is 0 Å². The number of aromatic nitrogens is 1. The van der Waals surface area contributed by atoms with Gasteiger partial charge in [-0.05, 0) is 11.6 Å². The van der Waals surface area contributed by atoms with Gasteiger partial charge in [0.1, 0.15) is 5.69 Å². The van der Waals surface area contributed by atoms with Gasteiger partial charge in [0.15, 0.2) is 0 Å². The van der Waals surface area contributed by atoms with Gasteiger partial charge in [0.05, 0.1) is 0 Å². The molecule has 0 atom stereocenters. The van der Waals surface area contributed by atoms with Gasteiger partial charge in [-0.25, -0.2) is 9.78 Å². The van der Waals surface area contributed by atoms with Crippen molar-refractivity contribution < 1.29 is 9.90 Å². The fraction of sp³-hybridized carbons (Fsp3) is 0. The third kappa shape index (κ3) is 2.56. The summed E-state index contributed by atoms with van der Waals surface area (Å²) in [5.74, 6) is -1.01. The maximum absolute atomic E-state index is 10.4. The number of hydrogen-bond donors (Lipinski definition) is 1. The van der Waals surface area contributed by atoms with E-state index in [4.69, 9.17) is 5.11 Å². The van der Waals surface area contributed by atoms with Crippen LogP contribution in [0, 0.1) is 0 Å². The van der Waals surface area contributed by atoms with Crippen molar-refractivity contribution >= 4 is 12.0 Å². The molecule has 0 aliphatic heterocycles. The molecule has 0 amide bonds. The average Bonchev–Trinajstić information content (AvgIpc) is 2.15. The van der Waals surface area contributed by atoms with Crippen LogP contribution in [-0.2, 0) is 0 Å². The molecule has 0 aromatic carbocycles. The molecule has 1 aromatic rings. The molecule has 0 aliphatic rings. The minimum atomic E-state index is -1.01. The van der Waals surface area contributed by atoms with E-state index in [1.165, 1.54) is 12.3 Å². The number of nitrogens with zero attached hydrogens (tertiary/aromatic N) is 1. The van der Waals surface area contributed by atoms with Gasteiger partial charge in [0.2, 0.25) is 0 Å². The Kier molecular flexibility index (Phi) is 2.97. The van der Waals surface area contributed by atoms with Gasteiger partial charge in [0.25, 0.3) is 0 Å². The first kappa shape index (κ1) is 9.19. The van der Waals surface area contributed by atoms with Crippen molar-refractivity contribution in [3.63, 3.8) is 0 Å². The van der Waals surface area contributed by atoms with Crippen LogP contribution in [0.25, 0.3) is 6.08 Å². The highest BCUT2D eigenvalue weighted by Crippen LogP contribution is 2.02. The summed E-state index contributed by atoms with van der Waals surface area (Å²) < 4.78 is 0. The Morgan fingerprint density at radius 2 is 2.31 bits per heavy atom. The summed E-state index contributed by atoms with van der Waals surface area (Å²) in [7, 11) is 0. The Morgan fingerprint density at radius 1 is 1.54 bits per heavy atom. The fourth-order valence-corrected chi connectivity index (χ4v) is 0.810. The molecule has 13 heavy (non-hydrogen) atoms. The number of carboxylic acids is 1. The van der Waals surface area contributed by atoms with E-state index in [0.717, 1.165) is 5.56 Å². The number of allylic oxidation sites excluding steroid dienone is 2. The molecule has 1 aromatic heterocycles. The standard InChI is InChI=1S/C10H9NO2/c1-2-3-4-8-5-6-9(10(12)13)11-7-8/h2-7H,1H2,(H,12,13)/b4-3-. The fourth-order valence-electron chi connectivity index (χ4n) is 0.810. The van der Waals surface area contributed by atoms with E-state index >= 15 is 0 Å².